The van der Waals surface area contributed by atoms with Gasteiger partial charge < -0.3 is 14.6 Å². The average molecular weight is 282 g/mol. The van der Waals surface area contributed by atoms with Gasteiger partial charge in [-0.3, -0.25) is 0 Å². The summed E-state index contributed by atoms with van der Waals surface area (Å²) < 4.78 is 26.7. The molecule has 1 N–H and O–H groups in total. The second-order valence-electron chi connectivity index (χ2n) is 1.76. The van der Waals surface area contributed by atoms with Gasteiger partial charge in [-0.15, -0.1) is 0 Å². The van der Waals surface area contributed by atoms with E-state index in [2.05, 4.69) is 24.7 Å². The molecule has 0 spiro atoms. The Labute approximate surface area is 111 Å². The van der Waals surface area contributed by atoms with Crippen LogP contribution in [0.1, 0.15) is 6.92 Å². The van der Waals surface area contributed by atoms with E-state index in [-0.39, 0.29) is 23.7 Å². The number of carbonyl (C=O) groups excluding carboxylic acids is 1. The van der Waals surface area contributed by atoms with Crippen molar-refractivity contribution in [2.45, 2.75) is 13.0 Å². The molecule has 0 bridgehead atoms. The predicted octanol–water partition coefficient (Wildman–Crippen LogP) is -0.0512. The van der Waals surface area contributed by atoms with E-state index in [0.29, 0.717) is 0 Å². The van der Waals surface area contributed by atoms with Crippen molar-refractivity contribution in [2.24, 2.45) is 0 Å². The summed E-state index contributed by atoms with van der Waals surface area (Å²) in [6, 6.07) is 0. The summed E-state index contributed by atoms with van der Waals surface area (Å²) in [7, 11) is 0. The SMILES string of the molecule is CC(O)[CH][CH][CH]CO[C-]=O.[C-]#[O+].[C-]#[O+].[C-]#[O+].[Fe]. The fourth-order valence-corrected chi connectivity index (χ4v) is 0.377. The van der Waals surface area contributed by atoms with Gasteiger partial charge in [0.1, 0.15) is 0 Å². The molecule has 1 unspecified atom stereocenters. The number of aliphatic hydroxyl groups excluding tert-OH is 1. The van der Waals surface area contributed by atoms with Gasteiger partial charge in [0, 0.05) is 17.1 Å². The Kier molecular flexibility index (Phi) is 80.1. The topological polar surface area (TPSA) is 106 Å². The molecule has 3 radical (unpaired) electrons. The predicted molar refractivity (Wildman–Crippen MR) is 48.0 cm³/mol. The molecule has 0 amide bonds. The van der Waals surface area contributed by atoms with E-state index in [4.69, 9.17) is 19.1 Å². The zero-order valence-electron chi connectivity index (χ0n) is 8.86. The Hall–Kier alpha value is -0.831. The minimum absolute atomic E-state index is 0. The number of unbranched alkanes of at least 4 members (excludes halogenated alkanes) is 1. The van der Waals surface area contributed by atoms with Crippen LogP contribution in [-0.2, 0) is 40.6 Å². The van der Waals surface area contributed by atoms with E-state index in [1.807, 2.05) is 0 Å². The molecule has 0 fully saturated rings. The molecule has 0 saturated heterocycles. The maximum Gasteiger partial charge on any atom is 0 e. The van der Waals surface area contributed by atoms with Gasteiger partial charge in [-0.05, 0) is 26.2 Å². The van der Waals surface area contributed by atoms with Crippen LogP contribution in [0.25, 0.3) is 0 Å². The quantitative estimate of drug-likeness (QED) is 0.319. The average Bonchev–Trinajstić information content (AvgIpc) is 2.36. The summed E-state index contributed by atoms with van der Waals surface area (Å²) in [4.78, 5) is 9.46. The Morgan fingerprint density at radius 3 is 2.00 bits per heavy atom. The molecule has 95 valence electrons. The van der Waals surface area contributed by atoms with E-state index in [1.165, 1.54) is 6.47 Å². The molecule has 0 aliphatic carbocycles. The van der Waals surface area contributed by atoms with E-state index >= 15 is 0 Å². The number of rotatable bonds is 6. The van der Waals surface area contributed by atoms with Gasteiger partial charge in [-0.2, -0.15) is 0 Å². The maximum absolute atomic E-state index is 9.46. The van der Waals surface area contributed by atoms with Gasteiger partial charge in [0.15, 0.2) is 0 Å². The van der Waals surface area contributed by atoms with Gasteiger partial charge in [0.25, 0.3) is 0 Å². The molecule has 0 aromatic rings. The van der Waals surface area contributed by atoms with Crippen LogP contribution < -0.4 is 0 Å². The van der Waals surface area contributed by atoms with Crippen LogP contribution in [-0.4, -0.2) is 24.3 Å². The van der Waals surface area contributed by atoms with Crippen LogP contribution in [0.3, 0.4) is 0 Å². The first kappa shape index (κ1) is 29.8. The summed E-state index contributed by atoms with van der Waals surface area (Å²) in [6.07, 6.45) is 4.35. The van der Waals surface area contributed by atoms with Gasteiger partial charge in [-0.1, -0.05) is 6.47 Å². The number of ether oxygens (including phenoxy) is 1. The summed E-state index contributed by atoms with van der Waals surface area (Å²) in [6.45, 7) is 16.6. The van der Waals surface area contributed by atoms with Gasteiger partial charge in [0.2, 0.25) is 0 Å². The maximum atomic E-state index is 9.46. The largest absolute Gasteiger partial charge is 0 e. The van der Waals surface area contributed by atoms with Crippen molar-refractivity contribution in [3.05, 3.63) is 39.2 Å². The van der Waals surface area contributed by atoms with E-state index < -0.39 is 6.10 Å². The Balaban J connectivity index is -0.0000000594. The van der Waals surface area contributed by atoms with Crippen molar-refractivity contribution < 1.29 is 45.7 Å². The van der Waals surface area contributed by atoms with Crippen LogP contribution in [0.15, 0.2) is 0 Å². The molecular formula is C10H10FeO6-. The van der Waals surface area contributed by atoms with Gasteiger partial charge in [0.05, 0.1) is 12.7 Å². The van der Waals surface area contributed by atoms with Crippen LogP contribution in [0.4, 0.5) is 0 Å². The number of hydrogen-bond donors (Lipinski definition) is 1. The van der Waals surface area contributed by atoms with Gasteiger partial charge in [-0.25, -0.2) is 0 Å². The molecule has 1 atom stereocenters. The minimum atomic E-state index is -0.462. The minimum Gasteiger partial charge on any atom is 0 e. The molecule has 17 heavy (non-hydrogen) atoms. The molecule has 0 aromatic carbocycles. The third-order valence-electron chi connectivity index (χ3n) is 0.764. The first-order valence-electron chi connectivity index (χ1n) is 3.55. The first-order valence-corrected chi connectivity index (χ1v) is 3.55. The van der Waals surface area contributed by atoms with Crippen LogP contribution >= 0.6 is 0 Å². The summed E-state index contributed by atoms with van der Waals surface area (Å²) in [5.41, 5.74) is 0. The van der Waals surface area contributed by atoms with Crippen molar-refractivity contribution in [3.63, 3.8) is 0 Å². The molecule has 0 heterocycles. The van der Waals surface area contributed by atoms with Crippen molar-refractivity contribution in [3.8, 4) is 0 Å². The first-order chi connectivity index (χ1) is 7.77. The molecule has 0 aliphatic heterocycles. The summed E-state index contributed by atoms with van der Waals surface area (Å²) in [5.74, 6) is 0. The van der Waals surface area contributed by atoms with Crippen LogP contribution in [0, 0.1) is 39.2 Å². The molecule has 0 aliphatic rings. The van der Waals surface area contributed by atoms with Crippen LogP contribution in [0.5, 0.6) is 0 Å². The molecule has 0 aromatic heterocycles. The van der Waals surface area contributed by atoms with Crippen LogP contribution in [0.2, 0.25) is 0 Å². The zero-order valence-corrected chi connectivity index (χ0v) is 9.96. The third kappa shape index (κ3) is 69.1. The Morgan fingerprint density at radius 2 is 1.71 bits per heavy atom. The Morgan fingerprint density at radius 1 is 1.29 bits per heavy atom. The normalized spacial score (nSPS) is 7.76. The Bertz CT molecular complexity index is 161. The third-order valence-corrected chi connectivity index (χ3v) is 0.764. The number of hydrogen-bond acceptors (Lipinski definition) is 3. The van der Waals surface area contributed by atoms with E-state index in [0.717, 1.165) is 0 Å². The second kappa shape index (κ2) is 45.6. The fourth-order valence-electron chi connectivity index (χ4n) is 0.377. The molecule has 7 heteroatoms. The molecular weight excluding hydrogens is 272 g/mol. The van der Waals surface area contributed by atoms with Crippen molar-refractivity contribution in [1.82, 2.24) is 0 Å². The second-order valence-corrected chi connectivity index (χ2v) is 1.76. The summed E-state index contributed by atoms with van der Waals surface area (Å²) >= 11 is 0. The van der Waals surface area contributed by atoms with Crippen molar-refractivity contribution in [1.29, 1.82) is 0 Å². The summed E-state index contributed by atoms with van der Waals surface area (Å²) in [5, 5.41) is 8.68. The van der Waals surface area contributed by atoms with E-state index in [1.54, 1.807) is 26.2 Å². The monoisotopic (exact) mass is 282 g/mol. The molecule has 6 nitrogen and oxygen atoms in total. The van der Waals surface area contributed by atoms with E-state index in [9.17, 15) is 4.79 Å². The van der Waals surface area contributed by atoms with Crippen molar-refractivity contribution >= 4 is 6.47 Å². The standard InChI is InChI=1S/C7H10O3.3CO.Fe/c1-7(9)4-2-3-5-10-6-8;3*1-2;/h2-4,7,9H,5H2,1H3;;;;/q-1;;;;. The zero-order chi connectivity index (χ0) is 13.8. The molecule has 0 rings (SSSR count). The number of aliphatic hydroxyl groups is 1. The fraction of sp³-hybridized carbons (Fsp3) is 0.300. The smallest absolute Gasteiger partial charge is 0 e. The molecule has 0 saturated carbocycles. The van der Waals surface area contributed by atoms with Gasteiger partial charge >= 0.3 is 33.9 Å². The van der Waals surface area contributed by atoms with Crippen molar-refractivity contribution in [2.75, 3.05) is 6.61 Å².